The second kappa shape index (κ2) is 7.71. The van der Waals surface area contributed by atoms with Crippen LogP contribution in [-0.4, -0.2) is 0 Å². The predicted octanol–water partition coefficient (Wildman–Crippen LogP) is 0.816. The molecule has 0 nitrogen and oxygen atoms in total. The van der Waals surface area contributed by atoms with Gasteiger partial charge >= 0.3 is 18.9 Å². The molecule has 0 aromatic heterocycles. The molecule has 0 heterocycles. The molecule has 0 aliphatic heterocycles. The zero-order valence-corrected chi connectivity index (χ0v) is 8.42. The van der Waals surface area contributed by atoms with Crippen molar-refractivity contribution < 1.29 is 20.3 Å². The fourth-order valence-corrected chi connectivity index (χ4v) is 1.48. The molecule has 0 fully saturated rings. The normalized spacial score (nSPS) is 15.1. The second-order valence-corrected chi connectivity index (χ2v) is 3.28. The molecule has 1 rings (SSSR count). The molecule has 1 aliphatic carbocycles. The maximum atomic E-state index is 2.30. The molecule has 12 heavy (non-hydrogen) atoms. The van der Waals surface area contributed by atoms with Gasteiger partial charge in [-0.15, -0.1) is 0 Å². The van der Waals surface area contributed by atoms with E-state index in [1.54, 1.807) is 0 Å². The largest absolute Gasteiger partial charge is 1.00 e. The van der Waals surface area contributed by atoms with Gasteiger partial charge in [0.25, 0.3) is 0 Å². The molecular weight excluding hydrogens is 139 g/mol. The molecule has 0 saturated carbocycles. The number of hydrogen-bond acceptors (Lipinski definition) is 0. The van der Waals surface area contributed by atoms with Crippen LogP contribution in [0.3, 0.4) is 0 Å². The monoisotopic (exact) mass is 158 g/mol. The van der Waals surface area contributed by atoms with E-state index in [4.69, 9.17) is 0 Å². The molecule has 0 atom stereocenters. The molecule has 0 N–H and O–H groups in total. The molecule has 0 aromatic rings. The minimum absolute atomic E-state index is 0. The van der Waals surface area contributed by atoms with E-state index in [0.29, 0.717) is 0 Å². The van der Waals surface area contributed by atoms with Crippen molar-refractivity contribution in [2.45, 2.75) is 39.0 Å². The van der Waals surface area contributed by atoms with Gasteiger partial charge in [0, 0.05) is 0 Å². The summed E-state index contributed by atoms with van der Waals surface area (Å²) in [5, 5.41) is 0. The molecule has 0 unspecified atom stereocenters. The van der Waals surface area contributed by atoms with Crippen molar-refractivity contribution in [3.63, 3.8) is 0 Å². The number of rotatable bonds is 5. The van der Waals surface area contributed by atoms with Crippen LogP contribution < -0.4 is 18.9 Å². The van der Waals surface area contributed by atoms with Crippen LogP contribution in [0.2, 0.25) is 0 Å². The van der Waals surface area contributed by atoms with Gasteiger partial charge in [-0.1, -0.05) is 56.9 Å². The maximum Gasteiger partial charge on any atom is 1.00 e. The third kappa shape index (κ3) is 4.86. The molecule has 0 aromatic carbocycles. The molecule has 64 valence electrons. The van der Waals surface area contributed by atoms with Crippen molar-refractivity contribution in [2.24, 2.45) is 5.92 Å². The second-order valence-electron chi connectivity index (χ2n) is 3.28. The van der Waals surface area contributed by atoms with E-state index in [9.17, 15) is 0 Å². The molecule has 0 radical (unpaired) electrons. The Morgan fingerprint density at radius 2 is 1.75 bits per heavy atom. The molecule has 0 amide bonds. The smallest absolute Gasteiger partial charge is 1.00 e. The van der Waals surface area contributed by atoms with Crippen molar-refractivity contribution >= 4 is 0 Å². The van der Waals surface area contributed by atoms with E-state index in [1.165, 1.54) is 32.1 Å². The average molecular weight is 158 g/mol. The number of hydrogen-bond donors (Lipinski definition) is 0. The first-order valence-corrected chi connectivity index (χ1v) is 4.78. The van der Waals surface area contributed by atoms with Gasteiger partial charge in [-0.05, 0) is 12.3 Å². The summed E-state index contributed by atoms with van der Waals surface area (Å²) in [5.41, 5.74) is 0. The van der Waals surface area contributed by atoms with Crippen LogP contribution in [0.15, 0.2) is 24.3 Å². The third-order valence-electron chi connectivity index (χ3n) is 2.22. The molecule has 1 aliphatic rings. The first kappa shape index (κ1) is 12.1. The fourth-order valence-electron chi connectivity index (χ4n) is 1.48. The molecule has 0 bridgehead atoms. The van der Waals surface area contributed by atoms with E-state index in [-0.39, 0.29) is 20.3 Å². The summed E-state index contributed by atoms with van der Waals surface area (Å²) in [6.45, 7) is 2.26. The van der Waals surface area contributed by atoms with E-state index >= 15 is 0 Å². The van der Waals surface area contributed by atoms with Gasteiger partial charge in [-0.3, -0.25) is 0 Å². The van der Waals surface area contributed by atoms with Crippen molar-refractivity contribution in [1.82, 2.24) is 0 Å². The van der Waals surface area contributed by atoms with Crippen molar-refractivity contribution in [2.75, 3.05) is 0 Å². The van der Waals surface area contributed by atoms with Crippen LogP contribution in [0, 0.1) is 5.92 Å². The quantitative estimate of drug-likeness (QED) is 0.410. The summed E-state index contributed by atoms with van der Waals surface area (Å²) in [6.07, 6.45) is 15.8. The molecular formula is C11H19Li. The van der Waals surface area contributed by atoms with Gasteiger partial charge in [0.2, 0.25) is 0 Å². The van der Waals surface area contributed by atoms with Crippen LogP contribution in [-0.2, 0) is 0 Å². The standard InChI is InChI=1S/C11H18.Li.H/c1-2-3-4-5-8-11-9-6-7-10-11;;/h6-7,9-11H,2-5,8H2,1H3;;/q;+1;-1. The van der Waals surface area contributed by atoms with Crippen molar-refractivity contribution in [3.8, 4) is 0 Å². The average Bonchev–Trinajstić information content (AvgIpc) is 2.50. The van der Waals surface area contributed by atoms with Crippen LogP contribution in [0.5, 0.6) is 0 Å². The first-order chi connectivity index (χ1) is 5.43. The summed E-state index contributed by atoms with van der Waals surface area (Å²) >= 11 is 0. The Balaban J connectivity index is 0. The SMILES string of the molecule is CCCCCCC1C=CC=C1.[H-].[Li+]. The fraction of sp³-hybridized carbons (Fsp3) is 0.636. The summed E-state index contributed by atoms with van der Waals surface area (Å²) in [7, 11) is 0. The van der Waals surface area contributed by atoms with Crippen molar-refractivity contribution in [1.29, 1.82) is 0 Å². The Labute approximate surface area is 89.8 Å². The topological polar surface area (TPSA) is 0 Å². The minimum atomic E-state index is 0. The van der Waals surface area contributed by atoms with Crippen LogP contribution >= 0.6 is 0 Å². The zero-order valence-electron chi connectivity index (χ0n) is 9.42. The van der Waals surface area contributed by atoms with Gasteiger partial charge in [-0.25, -0.2) is 0 Å². The van der Waals surface area contributed by atoms with Gasteiger partial charge < -0.3 is 1.43 Å². The van der Waals surface area contributed by atoms with Gasteiger partial charge in [0.15, 0.2) is 0 Å². The third-order valence-corrected chi connectivity index (χ3v) is 2.22. The van der Waals surface area contributed by atoms with Crippen LogP contribution in [0.4, 0.5) is 0 Å². The first-order valence-electron chi connectivity index (χ1n) is 4.78. The Morgan fingerprint density at radius 3 is 2.33 bits per heavy atom. The predicted molar refractivity (Wildman–Crippen MR) is 51.6 cm³/mol. The summed E-state index contributed by atoms with van der Waals surface area (Å²) in [4.78, 5) is 0. The van der Waals surface area contributed by atoms with Gasteiger partial charge in [0.05, 0.1) is 0 Å². The number of allylic oxidation sites excluding steroid dienone is 4. The van der Waals surface area contributed by atoms with Crippen molar-refractivity contribution in [3.05, 3.63) is 24.3 Å². The Kier molecular flexibility index (Phi) is 7.76. The van der Waals surface area contributed by atoms with E-state index < -0.39 is 0 Å². The Bertz CT molecular complexity index is 140. The van der Waals surface area contributed by atoms with Crippen LogP contribution in [0.1, 0.15) is 40.5 Å². The summed E-state index contributed by atoms with van der Waals surface area (Å²) in [6, 6.07) is 0. The molecule has 0 spiro atoms. The maximum absolute atomic E-state index is 2.30. The summed E-state index contributed by atoms with van der Waals surface area (Å²) < 4.78 is 0. The molecule has 0 saturated heterocycles. The van der Waals surface area contributed by atoms with Crippen LogP contribution in [0.25, 0.3) is 0 Å². The van der Waals surface area contributed by atoms with E-state index in [2.05, 4.69) is 31.2 Å². The van der Waals surface area contributed by atoms with E-state index in [1.807, 2.05) is 0 Å². The van der Waals surface area contributed by atoms with Gasteiger partial charge in [-0.2, -0.15) is 0 Å². The number of unbranched alkanes of at least 4 members (excludes halogenated alkanes) is 3. The summed E-state index contributed by atoms with van der Waals surface area (Å²) in [5.74, 6) is 0.756. The van der Waals surface area contributed by atoms with E-state index in [0.717, 1.165) is 5.92 Å². The Hall–Kier alpha value is 0.0774. The van der Waals surface area contributed by atoms with Gasteiger partial charge in [0.1, 0.15) is 0 Å². The Morgan fingerprint density at radius 1 is 1.08 bits per heavy atom. The molecule has 1 heteroatoms. The zero-order chi connectivity index (χ0) is 7.94. The minimum Gasteiger partial charge on any atom is -1.00 e.